The minimum absolute atomic E-state index is 0.125. The van der Waals surface area contributed by atoms with E-state index in [0.29, 0.717) is 16.7 Å². The Morgan fingerprint density at radius 1 is 1.04 bits per heavy atom. The van der Waals surface area contributed by atoms with Crippen LogP contribution < -0.4 is 4.74 Å². The van der Waals surface area contributed by atoms with Crippen molar-refractivity contribution in [2.45, 2.75) is 6.18 Å². The van der Waals surface area contributed by atoms with Gasteiger partial charge in [-0.1, -0.05) is 23.2 Å². The van der Waals surface area contributed by atoms with Crippen LogP contribution in [-0.2, 0) is 10.9 Å². The third-order valence-electron chi connectivity index (χ3n) is 4.04. The van der Waals surface area contributed by atoms with Gasteiger partial charge in [0, 0.05) is 17.0 Å². The molecule has 2 aromatic carbocycles. The predicted octanol–water partition coefficient (Wildman–Crippen LogP) is 6.02. The van der Waals surface area contributed by atoms with Gasteiger partial charge in [-0.15, -0.1) is 0 Å². The number of aromatic nitrogens is 1. The second-order valence-corrected chi connectivity index (χ2v) is 6.56. The van der Waals surface area contributed by atoms with Crippen LogP contribution in [0.15, 0.2) is 36.4 Å². The van der Waals surface area contributed by atoms with Crippen LogP contribution in [0.25, 0.3) is 22.2 Å². The van der Waals surface area contributed by atoms with Crippen LogP contribution in [0.3, 0.4) is 0 Å². The van der Waals surface area contributed by atoms with Crippen LogP contribution in [0.1, 0.15) is 15.9 Å². The van der Waals surface area contributed by atoms with Crippen LogP contribution >= 0.6 is 23.2 Å². The zero-order valence-corrected chi connectivity index (χ0v) is 16.0. The molecule has 0 bridgehead atoms. The van der Waals surface area contributed by atoms with Gasteiger partial charge in [0.05, 0.1) is 46.6 Å². The van der Waals surface area contributed by atoms with Gasteiger partial charge >= 0.3 is 12.1 Å². The number of benzene rings is 2. The van der Waals surface area contributed by atoms with Crippen LogP contribution in [-0.4, -0.2) is 25.2 Å². The fourth-order valence-electron chi connectivity index (χ4n) is 2.72. The van der Waals surface area contributed by atoms with Gasteiger partial charge in [0.1, 0.15) is 5.75 Å². The summed E-state index contributed by atoms with van der Waals surface area (Å²) in [6.07, 6.45) is -4.59. The molecule has 0 aliphatic heterocycles. The van der Waals surface area contributed by atoms with E-state index in [1.54, 1.807) is 12.1 Å². The molecule has 0 atom stereocenters. The third kappa shape index (κ3) is 3.72. The van der Waals surface area contributed by atoms with Crippen LogP contribution in [0.4, 0.5) is 13.2 Å². The van der Waals surface area contributed by atoms with E-state index in [1.807, 2.05) is 0 Å². The van der Waals surface area contributed by atoms with Crippen molar-refractivity contribution >= 4 is 40.1 Å². The number of fused-ring (bicyclic) bond motifs is 1. The number of hydrogen-bond acceptors (Lipinski definition) is 4. The minimum atomic E-state index is -4.59. The van der Waals surface area contributed by atoms with E-state index in [-0.39, 0.29) is 26.9 Å². The Kier molecular flexibility index (Phi) is 5.41. The molecule has 0 aliphatic carbocycles. The number of methoxy groups -OCH3 is 2. The molecule has 1 aromatic heterocycles. The standard InChI is InChI=1S/C19H12Cl2F3NO3/c1-27-16-8-15(17-12(20)6-10(7-13(17)21)19(22,23)24)25-14-5-9(18(26)28-2)3-4-11(14)16/h3-8H,1-2H3. The fraction of sp³-hybridized carbons (Fsp3) is 0.158. The molecule has 0 spiro atoms. The molecule has 146 valence electrons. The molecule has 0 saturated heterocycles. The number of nitrogens with zero attached hydrogens (tertiary/aromatic N) is 1. The number of hydrogen-bond donors (Lipinski definition) is 0. The number of carbonyl (C=O) groups is 1. The smallest absolute Gasteiger partial charge is 0.416 e. The van der Waals surface area contributed by atoms with Crippen molar-refractivity contribution in [3.63, 3.8) is 0 Å². The van der Waals surface area contributed by atoms with Crippen molar-refractivity contribution in [1.29, 1.82) is 0 Å². The van der Waals surface area contributed by atoms with Gasteiger partial charge in [-0.25, -0.2) is 9.78 Å². The molecule has 3 aromatic rings. The second kappa shape index (κ2) is 7.48. The Labute approximate surface area is 167 Å². The summed E-state index contributed by atoms with van der Waals surface area (Å²) in [4.78, 5) is 16.2. The van der Waals surface area contributed by atoms with E-state index in [4.69, 9.17) is 32.7 Å². The second-order valence-electron chi connectivity index (χ2n) is 5.75. The molecule has 0 radical (unpaired) electrons. The Bertz CT molecular complexity index is 1060. The van der Waals surface area contributed by atoms with Crippen molar-refractivity contribution in [2.24, 2.45) is 0 Å². The van der Waals surface area contributed by atoms with E-state index in [1.165, 1.54) is 26.4 Å². The van der Waals surface area contributed by atoms with E-state index in [2.05, 4.69) is 4.98 Å². The van der Waals surface area contributed by atoms with Gasteiger partial charge in [-0.05, 0) is 30.3 Å². The normalized spacial score (nSPS) is 11.5. The largest absolute Gasteiger partial charge is 0.496 e. The lowest BCUT2D eigenvalue weighted by atomic mass is 10.0. The van der Waals surface area contributed by atoms with Gasteiger partial charge in [0.2, 0.25) is 0 Å². The summed E-state index contributed by atoms with van der Waals surface area (Å²) in [6, 6.07) is 7.75. The highest BCUT2D eigenvalue weighted by Gasteiger charge is 2.32. The SMILES string of the molecule is COC(=O)c1ccc2c(OC)cc(-c3c(Cl)cc(C(F)(F)F)cc3Cl)nc2c1. The summed E-state index contributed by atoms with van der Waals surface area (Å²) in [5.74, 6) is -0.165. The van der Waals surface area contributed by atoms with Gasteiger partial charge < -0.3 is 9.47 Å². The average molecular weight is 430 g/mol. The molecule has 9 heteroatoms. The van der Waals surface area contributed by atoms with Gasteiger partial charge in [-0.2, -0.15) is 13.2 Å². The van der Waals surface area contributed by atoms with Gasteiger partial charge in [0.25, 0.3) is 0 Å². The van der Waals surface area contributed by atoms with Gasteiger partial charge in [-0.3, -0.25) is 0 Å². The number of carbonyl (C=O) groups excluding carboxylic acids is 1. The summed E-state index contributed by atoms with van der Waals surface area (Å²) in [5, 5.41) is 0.175. The third-order valence-corrected chi connectivity index (χ3v) is 4.63. The van der Waals surface area contributed by atoms with Gasteiger partial charge in [0.15, 0.2) is 0 Å². The maximum absolute atomic E-state index is 13.0. The summed E-state index contributed by atoms with van der Waals surface area (Å²) >= 11 is 12.2. The highest BCUT2D eigenvalue weighted by molar-refractivity contribution is 6.39. The van der Waals surface area contributed by atoms with E-state index < -0.39 is 17.7 Å². The van der Waals surface area contributed by atoms with Crippen LogP contribution in [0.2, 0.25) is 10.0 Å². The number of alkyl halides is 3. The molecule has 0 amide bonds. The lowest BCUT2D eigenvalue weighted by Gasteiger charge is -2.14. The molecule has 0 unspecified atom stereocenters. The molecule has 4 nitrogen and oxygen atoms in total. The van der Waals surface area contributed by atoms with Crippen molar-refractivity contribution in [2.75, 3.05) is 14.2 Å². The quantitative estimate of drug-likeness (QED) is 0.477. The Hall–Kier alpha value is -2.51. The Morgan fingerprint density at radius 3 is 2.21 bits per heavy atom. The topological polar surface area (TPSA) is 48.4 Å². The summed E-state index contributed by atoms with van der Waals surface area (Å²) in [7, 11) is 2.68. The van der Waals surface area contributed by atoms with Crippen molar-refractivity contribution < 1.29 is 27.4 Å². The van der Waals surface area contributed by atoms with E-state index in [9.17, 15) is 18.0 Å². The fourth-order valence-corrected chi connectivity index (χ4v) is 3.40. The molecule has 28 heavy (non-hydrogen) atoms. The summed E-state index contributed by atoms with van der Waals surface area (Å²) < 4.78 is 48.9. The zero-order valence-electron chi connectivity index (χ0n) is 14.5. The molecule has 0 fully saturated rings. The summed E-state index contributed by atoms with van der Waals surface area (Å²) in [5.41, 5.74) is -0.0160. The molecular formula is C19H12Cl2F3NO3. The average Bonchev–Trinajstić information content (AvgIpc) is 2.64. The highest BCUT2D eigenvalue weighted by Crippen LogP contribution is 2.41. The number of pyridine rings is 1. The maximum Gasteiger partial charge on any atom is 0.416 e. The molecular weight excluding hydrogens is 418 g/mol. The zero-order chi connectivity index (χ0) is 20.6. The van der Waals surface area contributed by atoms with Crippen molar-refractivity contribution in [3.8, 4) is 17.0 Å². The monoisotopic (exact) mass is 429 g/mol. The first-order chi connectivity index (χ1) is 13.2. The van der Waals surface area contributed by atoms with Crippen LogP contribution in [0, 0.1) is 0 Å². The Balaban J connectivity index is 2.24. The first-order valence-corrected chi connectivity index (χ1v) is 8.55. The molecule has 0 N–H and O–H groups in total. The number of halogens is 5. The molecule has 0 saturated carbocycles. The maximum atomic E-state index is 13.0. The predicted molar refractivity (Wildman–Crippen MR) is 100 cm³/mol. The number of rotatable bonds is 3. The first kappa shape index (κ1) is 20.2. The molecule has 3 rings (SSSR count). The molecule has 0 aliphatic rings. The minimum Gasteiger partial charge on any atom is -0.496 e. The number of esters is 1. The van der Waals surface area contributed by atoms with Crippen molar-refractivity contribution in [3.05, 3.63) is 57.6 Å². The summed E-state index contributed by atoms with van der Waals surface area (Å²) in [6.45, 7) is 0. The number of ether oxygens (including phenoxy) is 2. The lowest BCUT2D eigenvalue weighted by molar-refractivity contribution is -0.137. The lowest BCUT2D eigenvalue weighted by Crippen LogP contribution is -2.05. The Morgan fingerprint density at radius 2 is 1.68 bits per heavy atom. The van der Waals surface area contributed by atoms with E-state index in [0.717, 1.165) is 12.1 Å². The molecule has 1 heterocycles. The highest BCUT2D eigenvalue weighted by atomic mass is 35.5. The van der Waals surface area contributed by atoms with Crippen molar-refractivity contribution in [1.82, 2.24) is 4.98 Å². The first-order valence-electron chi connectivity index (χ1n) is 7.79. The van der Waals surface area contributed by atoms with E-state index >= 15 is 0 Å². The van der Waals surface area contributed by atoms with Crippen LogP contribution in [0.5, 0.6) is 5.75 Å².